The van der Waals surface area contributed by atoms with Gasteiger partial charge >= 0.3 is 12.0 Å². The van der Waals surface area contributed by atoms with Gasteiger partial charge in [0, 0.05) is 45.8 Å². The lowest BCUT2D eigenvalue weighted by Gasteiger charge is -2.27. The Morgan fingerprint density at radius 1 is 1.19 bits per heavy atom. The van der Waals surface area contributed by atoms with Crippen molar-refractivity contribution in [1.82, 2.24) is 20.9 Å². The lowest BCUT2D eigenvalue weighted by atomic mass is 9.96. The highest BCUT2D eigenvalue weighted by Gasteiger charge is 2.32. The molecule has 2 amide bonds. The first-order valence-corrected chi connectivity index (χ1v) is 7.84. The number of urea groups is 1. The Labute approximate surface area is 125 Å². The van der Waals surface area contributed by atoms with E-state index in [1.54, 1.807) is 0 Å². The lowest BCUT2D eigenvalue weighted by Crippen LogP contribution is -2.47. The molecule has 0 radical (unpaired) electrons. The molecule has 7 heteroatoms. The number of carboxylic acids is 1. The largest absolute Gasteiger partial charge is 0.481 e. The Balaban J connectivity index is 1.57. The number of hydrogen-bond donors (Lipinski definition) is 4. The summed E-state index contributed by atoms with van der Waals surface area (Å²) in [6, 6.07) is -0.193. The second kappa shape index (κ2) is 8.19. The molecule has 7 nitrogen and oxygen atoms in total. The minimum absolute atomic E-state index is 0.0708. The fourth-order valence-electron chi connectivity index (χ4n) is 3.15. The van der Waals surface area contributed by atoms with Crippen molar-refractivity contribution in [2.75, 3.05) is 45.8 Å². The summed E-state index contributed by atoms with van der Waals surface area (Å²) in [6.07, 6.45) is 2.55. The van der Waals surface area contributed by atoms with Crippen molar-refractivity contribution in [3.8, 4) is 0 Å². The maximum Gasteiger partial charge on any atom is 0.314 e. The molecule has 0 aromatic heterocycles. The molecular weight excluding hydrogens is 272 g/mol. The van der Waals surface area contributed by atoms with E-state index in [2.05, 4.69) is 20.9 Å². The molecule has 0 aromatic rings. The van der Waals surface area contributed by atoms with Gasteiger partial charge in [0.25, 0.3) is 0 Å². The Bertz CT molecular complexity index is 358. The van der Waals surface area contributed by atoms with Crippen molar-refractivity contribution in [3.63, 3.8) is 0 Å². The molecule has 0 bridgehead atoms. The van der Waals surface area contributed by atoms with Crippen molar-refractivity contribution in [3.05, 3.63) is 0 Å². The predicted molar refractivity (Wildman–Crippen MR) is 79.2 cm³/mol. The van der Waals surface area contributed by atoms with Crippen molar-refractivity contribution < 1.29 is 14.7 Å². The first kappa shape index (κ1) is 16.0. The van der Waals surface area contributed by atoms with Crippen molar-refractivity contribution >= 4 is 12.0 Å². The van der Waals surface area contributed by atoms with Crippen LogP contribution in [0.5, 0.6) is 0 Å². The van der Waals surface area contributed by atoms with E-state index in [-0.39, 0.29) is 17.9 Å². The van der Waals surface area contributed by atoms with E-state index in [1.165, 1.54) is 0 Å². The molecule has 1 aliphatic carbocycles. The number of hydrogen-bond acceptors (Lipinski definition) is 4. The second-order valence-electron chi connectivity index (χ2n) is 5.86. The third kappa shape index (κ3) is 5.17. The number of carbonyl (C=O) groups is 2. The van der Waals surface area contributed by atoms with Crippen LogP contribution in [0.4, 0.5) is 4.79 Å². The topological polar surface area (TPSA) is 93.7 Å². The van der Waals surface area contributed by atoms with Gasteiger partial charge < -0.3 is 21.1 Å². The van der Waals surface area contributed by atoms with Gasteiger partial charge in [0.1, 0.15) is 0 Å². The standard InChI is InChI=1S/C14H26N4O3/c19-13(20)12-3-1-2-11(12)10-17-14(21)16-6-9-18-7-4-15-5-8-18/h11-12,15H,1-10H2,(H,19,20)(H2,16,17,21). The molecule has 2 rings (SSSR count). The van der Waals surface area contributed by atoms with E-state index in [9.17, 15) is 9.59 Å². The van der Waals surface area contributed by atoms with Crippen LogP contribution in [-0.4, -0.2) is 67.8 Å². The second-order valence-corrected chi connectivity index (χ2v) is 5.86. The highest BCUT2D eigenvalue weighted by molar-refractivity contribution is 5.74. The highest BCUT2D eigenvalue weighted by atomic mass is 16.4. The third-order valence-electron chi connectivity index (χ3n) is 4.42. The van der Waals surface area contributed by atoms with Gasteiger partial charge in [0.05, 0.1) is 5.92 Å². The van der Waals surface area contributed by atoms with E-state index >= 15 is 0 Å². The SMILES string of the molecule is O=C(NCCN1CCNCC1)NCC1CCCC1C(=O)O. The zero-order valence-corrected chi connectivity index (χ0v) is 12.4. The summed E-state index contributed by atoms with van der Waals surface area (Å²) in [5.41, 5.74) is 0. The van der Waals surface area contributed by atoms with Gasteiger partial charge in [-0.1, -0.05) is 6.42 Å². The normalized spacial score (nSPS) is 26.5. The zero-order valence-electron chi connectivity index (χ0n) is 12.4. The lowest BCUT2D eigenvalue weighted by molar-refractivity contribution is -0.142. The summed E-state index contributed by atoms with van der Waals surface area (Å²) < 4.78 is 0. The van der Waals surface area contributed by atoms with E-state index in [0.717, 1.165) is 52.0 Å². The smallest absolute Gasteiger partial charge is 0.314 e. The Kier molecular flexibility index (Phi) is 6.25. The quantitative estimate of drug-likeness (QED) is 0.540. The Hall–Kier alpha value is -1.34. The minimum atomic E-state index is -0.738. The maximum atomic E-state index is 11.7. The van der Waals surface area contributed by atoms with Crippen LogP contribution in [0, 0.1) is 11.8 Å². The van der Waals surface area contributed by atoms with Gasteiger partial charge in [-0.3, -0.25) is 9.69 Å². The number of carboxylic acid groups (broad SMARTS) is 1. The van der Waals surface area contributed by atoms with Crippen molar-refractivity contribution in [2.24, 2.45) is 11.8 Å². The number of carbonyl (C=O) groups excluding carboxylic acids is 1. The summed E-state index contributed by atoms with van der Waals surface area (Å²) in [5.74, 6) is -0.967. The van der Waals surface area contributed by atoms with Crippen LogP contribution in [0.3, 0.4) is 0 Å². The molecule has 1 saturated heterocycles. The van der Waals surface area contributed by atoms with Crippen LogP contribution in [0.25, 0.3) is 0 Å². The number of piperazine rings is 1. The molecule has 0 spiro atoms. The Morgan fingerprint density at radius 2 is 1.95 bits per heavy atom. The fourth-order valence-corrected chi connectivity index (χ4v) is 3.15. The molecule has 1 aliphatic heterocycles. The van der Waals surface area contributed by atoms with E-state index < -0.39 is 5.97 Å². The molecule has 0 aromatic carbocycles. The van der Waals surface area contributed by atoms with Crippen LogP contribution >= 0.6 is 0 Å². The molecule has 21 heavy (non-hydrogen) atoms. The number of amides is 2. The summed E-state index contributed by atoms with van der Waals surface area (Å²) >= 11 is 0. The zero-order chi connectivity index (χ0) is 15.1. The molecule has 2 unspecified atom stereocenters. The van der Waals surface area contributed by atoms with Gasteiger partial charge in [0.2, 0.25) is 0 Å². The molecule has 2 aliphatic rings. The molecule has 2 fully saturated rings. The molecule has 1 heterocycles. The number of nitrogens with zero attached hydrogens (tertiary/aromatic N) is 1. The number of rotatable bonds is 6. The first-order valence-electron chi connectivity index (χ1n) is 7.84. The number of aliphatic carboxylic acids is 1. The van der Waals surface area contributed by atoms with E-state index in [1.807, 2.05) is 0 Å². The fraction of sp³-hybridized carbons (Fsp3) is 0.857. The van der Waals surface area contributed by atoms with E-state index in [4.69, 9.17) is 5.11 Å². The average molecular weight is 298 g/mol. The maximum absolute atomic E-state index is 11.7. The molecule has 4 N–H and O–H groups in total. The van der Waals surface area contributed by atoms with Crippen LogP contribution in [0.1, 0.15) is 19.3 Å². The van der Waals surface area contributed by atoms with Gasteiger partial charge in [0.15, 0.2) is 0 Å². The van der Waals surface area contributed by atoms with Crippen LogP contribution < -0.4 is 16.0 Å². The van der Waals surface area contributed by atoms with Gasteiger partial charge in [-0.25, -0.2) is 4.79 Å². The molecule has 120 valence electrons. The van der Waals surface area contributed by atoms with Crippen molar-refractivity contribution in [1.29, 1.82) is 0 Å². The number of nitrogens with one attached hydrogen (secondary N) is 3. The molecule has 1 saturated carbocycles. The van der Waals surface area contributed by atoms with Gasteiger partial charge in [-0.2, -0.15) is 0 Å². The average Bonchev–Trinajstić information content (AvgIpc) is 2.95. The summed E-state index contributed by atoms with van der Waals surface area (Å²) in [7, 11) is 0. The molecule has 2 atom stereocenters. The first-order chi connectivity index (χ1) is 10.2. The van der Waals surface area contributed by atoms with Crippen molar-refractivity contribution in [2.45, 2.75) is 19.3 Å². The van der Waals surface area contributed by atoms with Crippen LogP contribution in [-0.2, 0) is 4.79 Å². The highest BCUT2D eigenvalue weighted by Crippen LogP contribution is 2.31. The van der Waals surface area contributed by atoms with Crippen LogP contribution in [0.15, 0.2) is 0 Å². The van der Waals surface area contributed by atoms with E-state index in [0.29, 0.717) is 13.1 Å². The predicted octanol–water partition coefficient (Wildman–Crippen LogP) is -0.308. The summed E-state index contributed by atoms with van der Waals surface area (Å²) in [5, 5.41) is 18.0. The van der Waals surface area contributed by atoms with Crippen LogP contribution in [0.2, 0.25) is 0 Å². The van der Waals surface area contributed by atoms with Gasteiger partial charge in [-0.15, -0.1) is 0 Å². The Morgan fingerprint density at radius 3 is 2.67 bits per heavy atom. The van der Waals surface area contributed by atoms with Gasteiger partial charge in [-0.05, 0) is 18.8 Å². The molecular formula is C14H26N4O3. The minimum Gasteiger partial charge on any atom is -0.481 e. The summed E-state index contributed by atoms with van der Waals surface area (Å²) in [4.78, 5) is 25.1. The summed E-state index contributed by atoms with van der Waals surface area (Å²) in [6.45, 7) is 5.98. The monoisotopic (exact) mass is 298 g/mol. The third-order valence-corrected chi connectivity index (χ3v) is 4.42.